The number of aliphatic hydroxyl groups is 1. The molecule has 0 saturated carbocycles. The van der Waals surface area contributed by atoms with Gasteiger partial charge in [0.15, 0.2) is 24.0 Å². The maximum Gasteiger partial charge on any atom is 1.00 e. The zero-order chi connectivity index (χ0) is 45.8. The van der Waals surface area contributed by atoms with Gasteiger partial charge in [0.2, 0.25) is 5.78 Å². The number of carbonyl (C=O) groups excluding carboxylic acids is 7. The molecule has 330 valence electrons. The molecular formula is C47H43BrNa2O11S4. The maximum atomic E-state index is 11.8. The van der Waals surface area contributed by atoms with E-state index in [-0.39, 0.29) is 96.3 Å². The number of carboxylic acids is 2. The number of thiophene rings is 4. The Morgan fingerprint density at radius 3 is 1.08 bits per heavy atom. The minimum atomic E-state index is -1.08. The van der Waals surface area contributed by atoms with Crippen LogP contribution >= 0.6 is 61.3 Å². The molecule has 0 fully saturated rings. The Kier molecular flexibility index (Phi) is 30.2. The Hall–Kier alpha value is -3.75. The molecule has 8 rings (SSSR count). The SMILES string of the molecule is C.CC(=O)OCC(=O)c1csc2ccccc12.CC(=O)[O-].CC(=O)[O-].CC(=O)c1csc2ccccc12.O=C(CBr)c1csc2ccccc12.O=C(CO)c1csc2ccccc12.[Na+].[Na+]. The first-order chi connectivity index (χ1) is 29.6. The minimum absolute atomic E-state index is 0. The summed E-state index contributed by atoms with van der Waals surface area (Å²) in [5, 5.41) is 38.3. The zero-order valence-corrected chi connectivity index (χ0v) is 44.6. The Morgan fingerprint density at radius 1 is 0.508 bits per heavy atom. The van der Waals surface area contributed by atoms with E-state index in [0.717, 1.165) is 55.9 Å². The second kappa shape index (κ2) is 32.0. The fourth-order valence-corrected chi connectivity index (χ4v) is 9.43. The molecule has 0 aliphatic heterocycles. The van der Waals surface area contributed by atoms with Crippen LogP contribution in [0.3, 0.4) is 0 Å². The number of Topliss-reactive ketones (excluding diaryl/α,β-unsaturated/α-hetero) is 4. The number of halogens is 1. The molecule has 65 heavy (non-hydrogen) atoms. The van der Waals surface area contributed by atoms with Crippen LogP contribution < -0.4 is 69.3 Å². The number of carboxylic acid groups (broad SMARTS) is 2. The number of benzene rings is 4. The topological polar surface area (TPSA) is 195 Å². The number of rotatable bonds is 8. The number of alkyl halides is 1. The number of hydrogen-bond donors (Lipinski definition) is 1. The van der Waals surface area contributed by atoms with Crippen molar-refractivity contribution in [3.05, 3.63) is 141 Å². The van der Waals surface area contributed by atoms with Crippen molar-refractivity contribution in [3.8, 4) is 0 Å². The molecule has 18 heteroatoms. The van der Waals surface area contributed by atoms with E-state index < -0.39 is 24.5 Å². The van der Waals surface area contributed by atoms with Gasteiger partial charge in [-0.3, -0.25) is 24.0 Å². The Morgan fingerprint density at radius 2 is 0.785 bits per heavy atom. The maximum absolute atomic E-state index is 11.8. The first-order valence-electron chi connectivity index (χ1n) is 18.2. The summed E-state index contributed by atoms with van der Waals surface area (Å²) < 4.78 is 9.19. The van der Waals surface area contributed by atoms with Crippen molar-refractivity contribution >= 4 is 143 Å². The average molecular weight is 1040 g/mol. The van der Waals surface area contributed by atoms with Gasteiger partial charge in [-0.2, -0.15) is 0 Å². The van der Waals surface area contributed by atoms with Crippen LogP contribution in [-0.4, -0.2) is 64.7 Å². The van der Waals surface area contributed by atoms with Crippen molar-refractivity contribution in [1.29, 1.82) is 0 Å². The minimum Gasteiger partial charge on any atom is -0.550 e. The van der Waals surface area contributed by atoms with Crippen molar-refractivity contribution in [2.24, 2.45) is 0 Å². The number of aliphatic hydroxyl groups excluding tert-OH is 1. The summed E-state index contributed by atoms with van der Waals surface area (Å²) in [6.07, 6.45) is 0. The summed E-state index contributed by atoms with van der Waals surface area (Å²) >= 11 is 9.46. The number of carbonyl (C=O) groups is 7. The summed E-state index contributed by atoms with van der Waals surface area (Å²) in [6, 6.07) is 31.3. The van der Waals surface area contributed by atoms with Gasteiger partial charge >= 0.3 is 65.1 Å². The molecule has 0 spiro atoms. The van der Waals surface area contributed by atoms with Gasteiger partial charge in [0.05, 0.1) is 5.33 Å². The van der Waals surface area contributed by atoms with Crippen molar-refractivity contribution in [2.45, 2.75) is 35.1 Å². The molecule has 0 atom stereocenters. The van der Waals surface area contributed by atoms with Gasteiger partial charge in [0.1, 0.15) is 6.61 Å². The third-order valence-electron chi connectivity index (χ3n) is 7.88. The number of fused-ring (bicyclic) bond motifs is 4. The summed E-state index contributed by atoms with van der Waals surface area (Å²) in [7, 11) is 0. The molecule has 0 aliphatic rings. The van der Waals surface area contributed by atoms with E-state index in [2.05, 4.69) is 15.9 Å². The van der Waals surface area contributed by atoms with Crippen LogP contribution in [-0.2, 0) is 19.1 Å². The van der Waals surface area contributed by atoms with Gasteiger partial charge in [0, 0.05) is 103 Å². The standard InChI is InChI=1S/C12H10O3S.C10H7BrOS.C10H8O2S.C10H8OS.2C2H4O2.CH4.2Na/c1-8(13)15-6-11(14)10-7-16-12-5-3-2-4-9(10)12;2*11-5-9(12)8-6-13-10-4-2-1-3-7(8)10;1-7(11)9-6-12-10-5-3-2-4-8(9)10;2*1-2(3)4;;;/h2-5,7H,6H2,1H3;1-4,6H,5H2;1-4,6,11H,5H2;2-6H,1H3;2*1H3,(H,3,4);1H4;;/q;;;;;;;2*+1/p-2. The van der Waals surface area contributed by atoms with Crippen LogP contribution in [0.1, 0.15) is 76.6 Å². The molecule has 4 aromatic carbocycles. The van der Waals surface area contributed by atoms with Crippen molar-refractivity contribution in [1.82, 2.24) is 0 Å². The van der Waals surface area contributed by atoms with Crippen LogP contribution in [0.15, 0.2) is 119 Å². The molecule has 4 heterocycles. The molecule has 0 radical (unpaired) electrons. The van der Waals surface area contributed by atoms with Crippen molar-refractivity contribution < 1.29 is 113 Å². The van der Waals surface area contributed by atoms with Crippen molar-refractivity contribution in [2.75, 3.05) is 18.5 Å². The smallest absolute Gasteiger partial charge is 0.550 e. The Bertz CT molecular complexity index is 2700. The largest absolute Gasteiger partial charge is 1.00 e. The van der Waals surface area contributed by atoms with Gasteiger partial charge in [-0.25, -0.2) is 0 Å². The Balaban J connectivity index is 0.000000787. The molecule has 4 aromatic heterocycles. The van der Waals surface area contributed by atoms with Crippen molar-refractivity contribution in [3.63, 3.8) is 0 Å². The van der Waals surface area contributed by atoms with E-state index in [1.54, 1.807) is 40.4 Å². The van der Waals surface area contributed by atoms with Crippen LogP contribution in [0.25, 0.3) is 40.3 Å². The molecule has 11 nitrogen and oxygen atoms in total. The van der Waals surface area contributed by atoms with E-state index >= 15 is 0 Å². The average Bonchev–Trinajstić information content (AvgIpc) is 4.07. The number of aliphatic carboxylic acids is 2. The quantitative estimate of drug-likeness (QED) is 0.101. The second-order valence-corrected chi connectivity index (χ2v) is 16.7. The second-order valence-electron chi connectivity index (χ2n) is 12.5. The third-order valence-corrected chi connectivity index (χ3v) is 12.2. The molecule has 8 aromatic rings. The predicted octanol–water partition coefficient (Wildman–Crippen LogP) is 3.46. The monoisotopic (exact) mass is 1040 g/mol. The van der Waals surface area contributed by atoms with Gasteiger partial charge in [0.25, 0.3) is 0 Å². The van der Waals surface area contributed by atoms with E-state index in [4.69, 9.17) is 29.6 Å². The molecule has 1 N–H and O–H groups in total. The summed E-state index contributed by atoms with van der Waals surface area (Å²) in [5.74, 6) is -2.68. The first-order valence-corrected chi connectivity index (χ1v) is 22.8. The number of hydrogen-bond acceptors (Lipinski definition) is 15. The van der Waals surface area contributed by atoms with Gasteiger partial charge in [-0.05, 0) is 45.0 Å². The van der Waals surface area contributed by atoms with Crippen LogP contribution in [0.5, 0.6) is 0 Å². The number of ether oxygens (including phenoxy) is 1. The van der Waals surface area contributed by atoms with E-state index in [0.29, 0.717) is 16.5 Å². The summed E-state index contributed by atoms with van der Waals surface area (Å²) in [4.78, 5) is 74.0. The molecule has 0 amide bonds. The predicted molar refractivity (Wildman–Crippen MR) is 256 cm³/mol. The molecule has 0 unspecified atom stereocenters. The normalized spacial score (nSPS) is 9.45. The van der Waals surface area contributed by atoms with Gasteiger partial charge in [-0.15, -0.1) is 45.3 Å². The summed E-state index contributed by atoms with van der Waals surface area (Å²) in [6.45, 7) is 4.24. The summed E-state index contributed by atoms with van der Waals surface area (Å²) in [5.41, 5.74) is 2.93. The van der Waals surface area contributed by atoms with E-state index in [9.17, 15) is 24.0 Å². The number of esters is 1. The van der Waals surface area contributed by atoms with Crippen LogP contribution in [0.4, 0.5) is 0 Å². The molecular weight excluding hydrogens is 995 g/mol. The fourth-order valence-electron chi connectivity index (χ4n) is 5.23. The molecule has 0 bridgehead atoms. The van der Waals surface area contributed by atoms with Crippen LogP contribution in [0.2, 0.25) is 0 Å². The van der Waals surface area contributed by atoms with Crippen LogP contribution in [0, 0.1) is 0 Å². The number of ketones is 4. The van der Waals surface area contributed by atoms with E-state index in [1.807, 2.05) is 108 Å². The zero-order valence-electron chi connectivity index (χ0n) is 35.7. The molecule has 0 aliphatic carbocycles. The van der Waals surface area contributed by atoms with Gasteiger partial charge < -0.3 is 29.6 Å². The fraction of sp³-hybridized carbons (Fsp3) is 0.170. The third kappa shape index (κ3) is 19.9. The van der Waals surface area contributed by atoms with E-state index in [1.165, 1.54) is 39.0 Å². The molecule has 0 saturated heterocycles. The van der Waals surface area contributed by atoms with Gasteiger partial charge in [-0.1, -0.05) is 96.2 Å². The Labute approximate surface area is 445 Å². The first kappa shape index (κ1) is 61.2.